The number of amides is 1. The number of rotatable bonds is 5. The molecule has 7 heteroatoms. The van der Waals surface area contributed by atoms with Crippen molar-refractivity contribution >= 4 is 46.2 Å². The van der Waals surface area contributed by atoms with E-state index >= 15 is 0 Å². The van der Waals surface area contributed by atoms with Gasteiger partial charge in [-0.05, 0) is 36.4 Å². The van der Waals surface area contributed by atoms with Crippen molar-refractivity contribution in [2.75, 3.05) is 17.7 Å². The zero-order valence-corrected chi connectivity index (χ0v) is 15.3. The number of anilines is 3. The van der Waals surface area contributed by atoms with Crippen LogP contribution >= 0.6 is 23.2 Å². The summed E-state index contributed by atoms with van der Waals surface area (Å²) >= 11 is 12.0. The largest absolute Gasteiger partial charge is 0.497 e. The molecule has 0 aliphatic rings. The third-order valence-electron chi connectivity index (χ3n) is 3.54. The summed E-state index contributed by atoms with van der Waals surface area (Å²) in [5.41, 5.74) is 2.31. The molecule has 132 valence electrons. The van der Waals surface area contributed by atoms with E-state index in [1.165, 1.54) is 6.20 Å². The highest BCUT2D eigenvalue weighted by atomic mass is 35.5. The summed E-state index contributed by atoms with van der Waals surface area (Å²) in [6, 6.07) is 14.0. The number of ether oxygens (including phenoxy) is 1. The molecule has 1 heterocycles. The molecule has 0 atom stereocenters. The Hall–Kier alpha value is -2.76. The number of carbonyl (C=O) groups excluding carboxylic acids is 1. The topological polar surface area (TPSA) is 63.2 Å². The second-order valence-corrected chi connectivity index (χ2v) is 6.24. The highest BCUT2D eigenvalue weighted by molar-refractivity contribution is 6.35. The van der Waals surface area contributed by atoms with Crippen LogP contribution in [0.5, 0.6) is 5.75 Å². The predicted molar refractivity (Wildman–Crippen MR) is 105 cm³/mol. The lowest BCUT2D eigenvalue weighted by Gasteiger charge is -2.10. The van der Waals surface area contributed by atoms with Crippen molar-refractivity contribution in [1.29, 1.82) is 0 Å². The fourth-order valence-corrected chi connectivity index (χ4v) is 2.62. The van der Waals surface area contributed by atoms with Crippen molar-refractivity contribution in [3.8, 4) is 5.75 Å². The molecule has 0 bridgehead atoms. The quantitative estimate of drug-likeness (QED) is 0.615. The normalized spacial score (nSPS) is 10.3. The number of halogens is 2. The van der Waals surface area contributed by atoms with Gasteiger partial charge in [-0.1, -0.05) is 29.3 Å². The van der Waals surface area contributed by atoms with Gasteiger partial charge in [0.15, 0.2) is 0 Å². The predicted octanol–water partition coefficient (Wildman–Crippen LogP) is 5.39. The minimum atomic E-state index is -0.337. The molecule has 0 radical (unpaired) electrons. The number of pyridine rings is 1. The van der Waals surface area contributed by atoms with Gasteiger partial charge in [0.2, 0.25) is 0 Å². The molecule has 0 fully saturated rings. The summed E-state index contributed by atoms with van der Waals surface area (Å²) in [4.78, 5) is 16.6. The van der Waals surface area contributed by atoms with Crippen LogP contribution in [0.4, 0.5) is 17.1 Å². The van der Waals surface area contributed by atoms with Gasteiger partial charge in [-0.3, -0.25) is 9.78 Å². The van der Waals surface area contributed by atoms with Crippen molar-refractivity contribution in [2.45, 2.75) is 0 Å². The first kappa shape index (κ1) is 18.0. The van der Waals surface area contributed by atoms with Crippen molar-refractivity contribution in [3.05, 3.63) is 76.5 Å². The minimum Gasteiger partial charge on any atom is -0.497 e. The lowest BCUT2D eigenvalue weighted by Crippen LogP contribution is -2.12. The molecule has 3 aromatic rings. The second-order valence-electron chi connectivity index (χ2n) is 5.40. The van der Waals surface area contributed by atoms with Gasteiger partial charge >= 0.3 is 0 Å². The second kappa shape index (κ2) is 8.08. The van der Waals surface area contributed by atoms with Gasteiger partial charge < -0.3 is 15.4 Å². The summed E-state index contributed by atoms with van der Waals surface area (Å²) in [6.45, 7) is 0. The molecular weight excluding hydrogens is 373 g/mol. The Balaban J connectivity index is 1.77. The lowest BCUT2D eigenvalue weighted by molar-refractivity contribution is 0.102. The number of nitrogens with zero attached hydrogens (tertiary/aromatic N) is 1. The number of nitrogens with one attached hydrogen (secondary N) is 2. The third-order valence-corrected chi connectivity index (χ3v) is 4.10. The summed E-state index contributed by atoms with van der Waals surface area (Å²) in [6.07, 6.45) is 3.10. The Morgan fingerprint density at radius 2 is 1.88 bits per heavy atom. The van der Waals surface area contributed by atoms with Crippen LogP contribution in [0.3, 0.4) is 0 Å². The van der Waals surface area contributed by atoms with Gasteiger partial charge in [0.25, 0.3) is 5.91 Å². The Morgan fingerprint density at radius 3 is 2.69 bits per heavy atom. The standard InChI is InChI=1S/C19H15Cl2N3O2/c1-26-16-4-2-3-14(9-16)23-15-7-12(10-22-11-15)19(25)24-18-8-13(20)5-6-17(18)21/h2-11,23H,1H3,(H,24,25). The van der Waals surface area contributed by atoms with Crippen LogP contribution in [0.25, 0.3) is 0 Å². The zero-order valence-electron chi connectivity index (χ0n) is 13.8. The summed E-state index contributed by atoms with van der Waals surface area (Å²) in [5, 5.41) is 6.81. The monoisotopic (exact) mass is 387 g/mol. The van der Waals surface area contributed by atoms with Crippen molar-refractivity contribution in [3.63, 3.8) is 0 Å². The van der Waals surface area contributed by atoms with Gasteiger partial charge in [0.05, 0.1) is 35.3 Å². The van der Waals surface area contributed by atoms with Crippen molar-refractivity contribution < 1.29 is 9.53 Å². The SMILES string of the molecule is COc1cccc(Nc2cncc(C(=O)Nc3cc(Cl)ccc3Cl)c2)c1. The number of methoxy groups -OCH3 is 1. The van der Waals surface area contributed by atoms with E-state index in [1.54, 1.807) is 37.6 Å². The number of hydrogen-bond acceptors (Lipinski definition) is 4. The average Bonchev–Trinajstić information content (AvgIpc) is 2.65. The fourth-order valence-electron chi connectivity index (χ4n) is 2.29. The van der Waals surface area contributed by atoms with Gasteiger partial charge in [-0.15, -0.1) is 0 Å². The molecule has 26 heavy (non-hydrogen) atoms. The Bertz CT molecular complexity index is 948. The van der Waals surface area contributed by atoms with E-state index < -0.39 is 0 Å². The van der Waals surface area contributed by atoms with E-state index in [0.29, 0.717) is 27.0 Å². The molecule has 0 saturated carbocycles. The Labute approximate surface area is 160 Å². The molecule has 2 aromatic carbocycles. The highest BCUT2D eigenvalue weighted by Crippen LogP contribution is 2.26. The molecule has 0 aliphatic heterocycles. The maximum absolute atomic E-state index is 12.5. The van der Waals surface area contributed by atoms with Gasteiger partial charge in [0.1, 0.15) is 5.75 Å². The molecule has 0 saturated heterocycles. The molecule has 3 rings (SSSR count). The van der Waals surface area contributed by atoms with E-state index in [9.17, 15) is 4.79 Å². The number of carbonyl (C=O) groups is 1. The first-order valence-electron chi connectivity index (χ1n) is 7.67. The molecule has 2 N–H and O–H groups in total. The van der Waals surface area contributed by atoms with Crippen LogP contribution in [0.1, 0.15) is 10.4 Å². The summed E-state index contributed by atoms with van der Waals surface area (Å²) in [7, 11) is 1.60. The van der Waals surface area contributed by atoms with Gasteiger partial charge in [0, 0.05) is 23.0 Å². The highest BCUT2D eigenvalue weighted by Gasteiger charge is 2.10. The van der Waals surface area contributed by atoms with Gasteiger partial charge in [-0.2, -0.15) is 0 Å². The molecular formula is C19H15Cl2N3O2. The van der Waals surface area contributed by atoms with Crippen LogP contribution in [0.2, 0.25) is 10.0 Å². The Kier molecular flexibility index (Phi) is 5.61. The van der Waals surface area contributed by atoms with E-state index in [0.717, 1.165) is 11.4 Å². The molecule has 1 amide bonds. The van der Waals surface area contributed by atoms with Crippen LogP contribution in [0.15, 0.2) is 60.9 Å². The van der Waals surface area contributed by atoms with Crippen LogP contribution < -0.4 is 15.4 Å². The number of benzene rings is 2. The van der Waals surface area contributed by atoms with E-state index in [2.05, 4.69) is 15.6 Å². The van der Waals surface area contributed by atoms with E-state index in [1.807, 2.05) is 24.3 Å². The summed E-state index contributed by atoms with van der Waals surface area (Å²) < 4.78 is 5.20. The van der Waals surface area contributed by atoms with Gasteiger partial charge in [-0.25, -0.2) is 0 Å². The lowest BCUT2D eigenvalue weighted by atomic mass is 10.2. The number of hydrogen-bond donors (Lipinski definition) is 2. The van der Waals surface area contributed by atoms with E-state index in [-0.39, 0.29) is 5.91 Å². The van der Waals surface area contributed by atoms with E-state index in [4.69, 9.17) is 27.9 Å². The van der Waals surface area contributed by atoms with Crippen molar-refractivity contribution in [1.82, 2.24) is 4.98 Å². The first-order valence-corrected chi connectivity index (χ1v) is 8.43. The maximum atomic E-state index is 12.5. The smallest absolute Gasteiger partial charge is 0.257 e. The Morgan fingerprint density at radius 1 is 1.04 bits per heavy atom. The number of aromatic nitrogens is 1. The van der Waals surface area contributed by atoms with Crippen molar-refractivity contribution in [2.24, 2.45) is 0 Å². The molecule has 0 spiro atoms. The molecule has 0 aliphatic carbocycles. The maximum Gasteiger partial charge on any atom is 0.257 e. The first-order chi connectivity index (χ1) is 12.5. The molecule has 0 unspecified atom stereocenters. The molecule has 1 aromatic heterocycles. The van der Waals surface area contributed by atoms with Crippen LogP contribution in [-0.4, -0.2) is 18.0 Å². The zero-order chi connectivity index (χ0) is 18.5. The van der Waals surface area contributed by atoms with Crippen LogP contribution in [0, 0.1) is 0 Å². The fraction of sp³-hybridized carbons (Fsp3) is 0.0526. The van der Waals surface area contributed by atoms with Crippen LogP contribution in [-0.2, 0) is 0 Å². The summed E-state index contributed by atoms with van der Waals surface area (Å²) in [5.74, 6) is 0.392. The third kappa shape index (κ3) is 4.45. The molecule has 5 nitrogen and oxygen atoms in total. The average molecular weight is 388 g/mol. The minimum absolute atomic E-state index is 0.337.